The normalized spacial score (nSPS) is 16.6. The number of sulfonamides is 1. The summed E-state index contributed by atoms with van der Waals surface area (Å²) in [5, 5.41) is 7.13. The fraction of sp³-hybridized carbons (Fsp3) is 0.304. The molecule has 0 bridgehead atoms. The van der Waals surface area contributed by atoms with Gasteiger partial charge in [-0.2, -0.15) is 9.40 Å². The van der Waals surface area contributed by atoms with Gasteiger partial charge in [-0.15, -0.1) is 0 Å². The number of carbonyl (C=O) groups excluding carboxylic acids is 1. The zero-order chi connectivity index (χ0) is 21.8. The lowest BCUT2D eigenvalue weighted by Gasteiger charge is -2.34. The van der Waals surface area contributed by atoms with E-state index in [0.717, 1.165) is 22.3 Å². The van der Waals surface area contributed by atoms with Gasteiger partial charge in [0, 0.05) is 25.5 Å². The molecular weight excluding hydrogens is 412 g/mol. The number of rotatable bonds is 7. The summed E-state index contributed by atoms with van der Waals surface area (Å²) < 4.78 is 28.5. The van der Waals surface area contributed by atoms with Crippen LogP contribution in [0.2, 0.25) is 0 Å². The first kappa shape index (κ1) is 21.3. The molecule has 8 heteroatoms. The molecule has 1 aromatic heterocycles. The van der Waals surface area contributed by atoms with Crippen molar-refractivity contribution in [2.75, 3.05) is 5.75 Å². The molecule has 0 fully saturated rings. The minimum absolute atomic E-state index is 0.0311. The van der Waals surface area contributed by atoms with E-state index in [2.05, 4.69) is 10.4 Å². The van der Waals surface area contributed by atoms with Crippen LogP contribution >= 0.6 is 0 Å². The molecule has 162 valence electrons. The van der Waals surface area contributed by atoms with E-state index in [9.17, 15) is 13.2 Å². The van der Waals surface area contributed by atoms with E-state index in [1.807, 2.05) is 65.5 Å². The molecule has 0 saturated carbocycles. The Morgan fingerprint density at radius 1 is 1.06 bits per heavy atom. The van der Waals surface area contributed by atoms with Crippen molar-refractivity contribution in [3.05, 3.63) is 89.2 Å². The third-order valence-corrected chi connectivity index (χ3v) is 7.45. The second-order valence-electron chi connectivity index (χ2n) is 7.67. The van der Waals surface area contributed by atoms with Gasteiger partial charge >= 0.3 is 0 Å². The fourth-order valence-electron chi connectivity index (χ4n) is 3.83. The molecule has 1 amide bonds. The Kier molecular flexibility index (Phi) is 6.20. The zero-order valence-corrected chi connectivity index (χ0v) is 18.3. The van der Waals surface area contributed by atoms with Gasteiger partial charge in [0.1, 0.15) is 6.04 Å². The third-order valence-electron chi connectivity index (χ3n) is 5.62. The Morgan fingerprint density at radius 2 is 1.77 bits per heavy atom. The van der Waals surface area contributed by atoms with Crippen LogP contribution < -0.4 is 5.32 Å². The second-order valence-corrected chi connectivity index (χ2v) is 9.88. The van der Waals surface area contributed by atoms with Crippen LogP contribution in [-0.4, -0.2) is 40.2 Å². The largest absolute Gasteiger partial charge is 0.351 e. The molecule has 3 aromatic rings. The van der Waals surface area contributed by atoms with E-state index < -0.39 is 16.1 Å². The monoisotopic (exact) mass is 438 g/mol. The summed E-state index contributed by atoms with van der Waals surface area (Å²) in [6, 6.07) is 16.8. The number of amides is 1. The number of benzene rings is 2. The predicted molar refractivity (Wildman–Crippen MR) is 119 cm³/mol. The van der Waals surface area contributed by atoms with E-state index in [1.54, 1.807) is 13.1 Å². The van der Waals surface area contributed by atoms with E-state index in [4.69, 9.17) is 0 Å². The Labute approximate surface area is 182 Å². The molecule has 31 heavy (non-hydrogen) atoms. The van der Waals surface area contributed by atoms with Crippen LogP contribution in [0.1, 0.15) is 29.2 Å². The molecule has 0 aliphatic carbocycles. The minimum Gasteiger partial charge on any atom is -0.351 e. The highest BCUT2D eigenvalue weighted by Gasteiger charge is 2.37. The first-order valence-electron chi connectivity index (χ1n) is 10.4. The molecule has 0 radical (unpaired) electrons. The van der Waals surface area contributed by atoms with Crippen LogP contribution in [0, 0.1) is 0 Å². The van der Waals surface area contributed by atoms with Crippen molar-refractivity contribution in [1.82, 2.24) is 19.4 Å². The van der Waals surface area contributed by atoms with Crippen LogP contribution in [0.25, 0.3) is 0 Å². The van der Waals surface area contributed by atoms with Crippen molar-refractivity contribution >= 4 is 15.9 Å². The molecular formula is C23H26N4O3S. The maximum atomic E-state index is 13.0. The highest BCUT2D eigenvalue weighted by atomic mass is 32.2. The first-order valence-corrected chi connectivity index (χ1v) is 12.0. The average Bonchev–Trinajstić information content (AvgIpc) is 3.30. The van der Waals surface area contributed by atoms with Gasteiger partial charge in [0.25, 0.3) is 0 Å². The van der Waals surface area contributed by atoms with Gasteiger partial charge in [-0.05, 0) is 41.7 Å². The molecule has 0 saturated heterocycles. The Balaban J connectivity index is 1.44. The quantitative estimate of drug-likeness (QED) is 0.614. The fourth-order valence-corrected chi connectivity index (χ4v) is 5.06. The van der Waals surface area contributed by atoms with Gasteiger partial charge in [0.2, 0.25) is 15.9 Å². The molecule has 2 heterocycles. The molecule has 1 aliphatic heterocycles. The summed E-state index contributed by atoms with van der Waals surface area (Å²) in [6.45, 7) is 2.87. The van der Waals surface area contributed by atoms with Crippen LogP contribution in [0.15, 0.2) is 67.0 Å². The summed E-state index contributed by atoms with van der Waals surface area (Å²) in [5.41, 5.74) is 4.05. The van der Waals surface area contributed by atoms with Crippen LogP contribution in [0.5, 0.6) is 0 Å². The van der Waals surface area contributed by atoms with Gasteiger partial charge in [-0.25, -0.2) is 8.42 Å². The molecule has 1 N–H and O–H groups in total. The maximum absolute atomic E-state index is 13.0. The SMILES string of the molecule is CCS(=O)(=O)N1Cc2ccccc2C[C@@H]1C(=O)NCc1ccc(Cn2cccn2)cc1. The number of hydrogen-bond donors (Lipinski definition) is 1. The Bertz CT molecular complexity index is 1140. The van der Waals surface area contributed by atoms with Crippen LogP contribution in [0.3, 0.4) is 0 Å². The van der Waals surface area contributed by atoms with Crippen molar-refractivity contribution in [2.24, 2.45) is 0 Å². The summed E-state index contributed by atoms with van der Waals surface area (Å²) in [4.78, 5) is 13.0. The summed E-state index contributed by atoms with van der Waals surface area (Å²) in [6.07, 6.45) is 4.03. The smallest absolute Gasteiger partial charge is 0.239 e. The maximum Gasteiger partial charge on any atom is 0.239 e. The molecule has 7 nitrogen and oxygen atoms in total. The van der Waals surface area contributed by atoms with Crippen molar-refractivity contribution in [2.45, 2.75) is 39.0 Å². The standard InChI is InChI=1S/C23H26N4O3S/c1-2-31(29,30)27-17-21-7-4-3-6-20(21)14-22(27)23(28)24-15-18-8-10-19(11-9-18)16-26-13-5-12-25-26/h3-13,22H,2,14-17H2,1H3,(H,24,28)/t22-/m1/s1. The van der Waals surface area contributed by atoms with E-state index in [0.29, 0.717) is 19.5 Å². The van der Waals surface area contributed by atoms with Crippen molar-refractivity contribution in [3.8, 4) is 0 Å². The third kappa shape index (κ3) is 4.86. The van der Waals surface area contributed by atoms with Crippen molar-refractivity contribution in [1.29, 1.82) is 0 Å². The predicted octanol–water partition coefficient (Wildman–Crippen LogP) is 2.32. The highest BCUT2D eigenvalue weighted by molar-refractivity contribution is 7.89. The number of hydrogen-bond acceptors (Lipinski definition) is 4. The first-order chi connectivity index (χ1) is 15.0. The molecule has 2 aromatic carbocycles. The minimum atomic E-state index is -3.51. The van der Waals surface area contributed by atoms with Gasteiger partial charge in [-0.3, -0.25) is 9.48 Å². The Hall–Kier alpha value is -2.97. The topological polar surface area (TPSA) is 84.3 Å². The van der Waals surface area contributed by atoms with Gasteiger partial charge in [0.15, 0.2) is 0 Å². The van der Waals surface area contributed by atoms with Gasteiger partial charge < -0.3 is 5.32 Å². The number of nitrogens with one attached hydrogen (secondary N) is 1. The van der Waals surface area contributed by atoms with Crippen LogP contribution in [-0.2, 0) is 40.9 Å². The molecule has 0 unspecified atom stereocenters. The lowest BCUT2D eigenvalue weighted by atomic mass is 9.95. The number of nitrogens with zero attached hydrogens (tertiary/aromatic N) is 3. The summed E-state index contributed by atoms with van der Waals surface area (Å²) in [5.74, 6) is -0.302. The highest BCUT2D eigenvalue weighted by Crippen LogP contribution is 2.26. The van der Waals surface area contributed by atoms with E-state index in [1.165, 1.54) is 4.31 Å². The van der Waals surface area contributed by atoms with Gasteiger partial charge in [-0.1, -0.05) is 48.5 Å². The Morgan fingerprint density at radius 3 is 2.45 bits per heavy atom. The van der Waals surface area contributed by atoms with Crippen LogP contribution in [0.4, 0.5) is 0 Å². The molecule has 1 atom stereocenters. The number of aromatic nitrogens is 2. The van der Waals surface area contributed by atoms with Crippen molar-refractivity contribution in [3.63, 3.8) is 0 Å². The van der Waals surface area contributed by atoms with E-state index in [-0.39, 0.29) is 18.2 Å². The second kappa shape index (κ2) is 9.03. The number of fused-ring (bicyclic) bond motifs is 1. The summed E-state index contributed by atoms with van der Waals surface area (Å²) >= 11 is 0. The number of carbonyl (C=O) groups is 1. The van der Waals surface area contributed by atoms with Gasteiger partial charge in [0.05, 0.1) is 12.3 Å². The molecule has 4 rings (SSSR count). The molecule has 0 spiro atoms. The van der Waals surface area contributed by atoms with Crippen molar-refractivity contribution < 1.29 is 13.2 Å². The summed E-state index contributed by atoms with van der Waals surface area (Å²) in [7, 11) is -3.51. The van der Waals surface area contributed by atoms with E-state index >= 15 is 0 Å². The molecule has 1 aliphatic rings. The lowest BCUT2D eigenvalue weighted by Crippen LogP contribution is -2.52. The average molecular weight is 439 g/mol. The lowest BCUT2D eigenvalue weighted by molar-refractivity contribution is -0.125. The zero-order valence-electron chi connectivity index (χ0n) is 17.4.